The fraction of sp³-hybridized carbons (Fsp3) is 0.533. The zero-order valence-electron chi connectivity index (χ0n) is 11.7. The maximum Gasteiger partial charge on any atom is 0.168 e. The van der Waals surface area contributed by atoms with E-state index in [0.717, 1.165) is 25.2 Å². The molecule has 0 atom stereocenters. The number of ketones is 1. The molecule has 0 saturated heterocycles. The average Bonchev–Trinajstić information content (AvgIpc) is 2.37. The number of carbonyl (C=O) groups excluding carboxylic acids is 1. The van der Waals surface area contributed by atoms with Crippen molar-refractivity contribution in [2.45, 2.75) is 33.1 Å². The lowest BCUT2D eigenvalue weighted by Crippen LogP contribution is -3.12. The first kappa shape index (κ1) is 18.4. The Bertz CT molecular complexity index is 359. The van der Waals surface area contributed by atoms with Gasteiger partial charge in [0.15, 0.2) is 5.78 Å². The molecule has 0 aliphatic rings. The molecule has 0 unspecified atom stereocenters. The minimum atomic E-state index is 0. The second kappa shape index (κ2) is 10.2. The predicted octanol–water partition coefficient (Wildman–Crippen LogP) is -0.378. The Morgan fingerprint density at radius 2 is 1.58 bits per heavy atom. The maximum absolute atomic E-state index is 12.0. The Morgan fingerprint density at radius 1 is 1.05 bits per heavy atom. The van der Waals surface area contributed by atoms with Gasteiger partial charge < -0.3 is 17.3 Å². The van der Waals surface area contributed by atoms with Gasteiger partial charge in [-0.3, -0.25) is 4.79 Å². The molecule has 0 fully saturated rings. The molecule has 0 heterocycles. The van der Waals surface area contributed by atoms with E-state index in [0.29, 0.717) is 11.4 Å². The summed E-state index contributed by atoms with van der Waals surface area (Å²) < 4.78 is 0. The smallest absolute Gasteiger partial charge is 0.168 e. The monoisotopic (exact) mass is 303 g/mol. The maximum atomic E-state index is 12.0. The molecule has 0 amide bonds. The fourth-order valence-corrected chi connectivity index (χ4v) is 2.28. The lowest BCUT2D eigenvalue weighted by molar-refractivity contribution is -0.899. The topological polar surface area (TPSA) is 21.5 Å². The van der Waals surface area contributed by atoms with Crippen LogP contribution in [0.25, 0.3) is 0 Å². The molecule has 0 radical (unpaired) electrons. The SMILES string of the molecule is CCC[NH+](CCC)CCC(=O)c1ccc(Cl)cc1.[Cl-]. The first-order chi connectivity index (χ1) is 8.67. The summed E-state index contributed by atoms with van der Waals surface area (Å²) in [6.07, 6.45) is 2.96. The number of nitrogens with one attached hydrogen (secondary N) is 1. The normalized spacial score (nSPS) is 10.3. The largest absolute Gasteiger partial charge is 1.00 e. The van der Waals surface area contributed by atoms with Crippen molar-refractivity contribution >= 4 is 17.4 Å². The van der Waals surface area contributed by atoms with E-state index in [4.69, 9.17) is 11.6 Å². The summed E-state index contributed by atoms with van der Waals surface area (Å²) in [5, 5.41) is 0.677. The highest BCUT2D eigenvalue weighted by molar-refractivity contribution is 6.30. The first-order valence-corrected chi connectivity index (χ1v) is 7.17. The van der Waals surface area contributed by atoms with Crippen molar-refractivity contribution in [2.24, 2.45) is 0 Å². The standard InChI is InChI=1S/C15H22ClNO.ClH/c1-3-10-17(11-4-2)12-9-15(18)13-5-7-14(16)8-6-13;/h5-8H,3-4,9-12H2,1-2H3;1H. The van der Waals surface area contributed by atoms with Gasteiger partial charge in [0.25, 0.3) is 0 Å². The summed E-state index contributed by atoms with van der Waals surface area (Å²) in [7, 11) is 0. The second-order valence-corrected chi connectivity index (χ2v) is 5.12. The molecule has 2 nitrogen and oxygen atoms in total. The number of hydrogen-bond acceptors (Lipinski definition) is 1. The summed E-state index contributed by atoms with van der Waals surface area (Å²) in [5.41, 5.74) is 0.770. The molecule has 0 bridgehead atoms. The summed E-state index contributed by atoms with van der Waals surface area (Å²) >= 11 is 5.81. The van der Waals surface area contributed by atoms with E-state index < -0.39 is 0 Å². The van der Waals surface area contributed by atoms with Crippen molar-refractivity contribution in [2.75, 3.05) is 19.6 Å². The van der Waals surface area contributed by atoms with Crippen LogP contribution in [0.2, 0.25) is 5.02 Å². The van der Waals surface area contributed by atoms with E-state index in [9.17, 15) is 4.79 Å². The molecule has 1 aromatic rings. The number of carbonyl (C=O) groups is 1. The quantitative estimate of drug-likeness (QED) is 0.650. The number of halogens is 2. The zero-order valence-corrected chi connectivity index (χ0v) is 13.2. The van der Waals surface area contributed by atoms with Gasteiger partial charge in [-0.05, 0) is 37.1 Å². The van der Waals surface area contributed by atoms with Gasteiger partial charge >= 0.3 is 0 Å². The van der Waals surface area contributed by atoms with E-state index in [1.165, 1.54) is 17.7 Å². The van der Waals surface area contributed by atoms with Crippen LogP contribution in [-0.4, -0.2) is 25.4 Å². The number of rotatable bonds is 8. The number of benzene rings is 1. The molecule has 0 saturated carbocycles. The zero-order chi connectivity index (χ0) is 13.4. The van der Waals surface area contributed by atoms with Crippen LogP contribution in [0.15, 0.2) is 24.3 Å². The molecule has 108 valence electrons. The van der Waals surface area contributed by atoms with Crippen molar-refractivity contribution in [1.82, 2.24) is 0 Å². The molecular formula is C15H23Cl2NO. The number of quaternary nitrogens is 1. The van der Waals surface area contributed by atoms with Crippen molar-refractivity contribution in [3.63, 3.8) is 0 Å². The lowest BCUT2D eigenvalue weighted by Gasteiger charge is -2.17. The van der Waals surface area contributed by atoms with Crippen LogP contribution >= 0.6 is 11.6 Å². The summed E-state index contributed by atoms with van der Waals surface area (Å²) in [5.74, 6) is 0.219. The molecule has 0 spiro atoms. The van der Waals surface area contributed by atoms with E-state index in [1.807, 2.05) is 12.1 Å². The van der Waals surface area contributed by atoms with Crippen molar-refractivity contribution in [3.8, 4) is 0 Å². The average molecular weight is 304 g/mol. The van der Waals surface area contributed by atoms with Gasteiger partial charge in [0, 0.05) is 10.6 Å². The Labute approximate surface area is 127 Å². The summed E-state index contributed by atoms with van der Waals surface area (Å²) in [6, 6.07) is 7.17. The summed E-state index contributed by atoms with van der Waals surface area (Å²) in [4.78, 5) is 13.5. The van der Waals surface area contributed by atoms with Gasteiger partial charge in [-0.2, -0.15) is 0 Å². The fourth-order valence-electron chi connectivity index (χ4n) is 2.15. The van der Waals surface area contributed by atoms with Crippen LogP contribution in [0.3, 0.4) is 0 Å². The van der Waals surface area contributed by atoms with Crippen LogP contribution in [0.1, 0.15) is 43.5 Å². The van der Waals surface area contributed by atoms with Crippen LogP contribution in [-0.2, 0) is 0 Å². The number of Topliss-reactive ketones (excluding diaryl/α,β-unsaturated/α-hetero) is 1. The molecule has 0 aliphatic carbocycles. The van der Waals surface area contributed by atoms with Crippen molar-refractivity contribution < 1.29 is 22.1 Å². The molecule has 1 N–H and O–H groups in total. The molecule has 4 heteroatoms. The van der Waals surface area contributed by atoms with Crippen LogP contribution in [0.4, 0.5) is 0 Å². The summed E-state index contributed by atoms with van der Waals surface area (Å²) in [6.45, 7) is 7.62. The highest BCUT2D eigenvalue weighted by Gasteiger charge is 2.11. The minimum absolute atomic E-state index is 0. The van der Waals surface area contributed by atoms with E-state index in [2.05, 4.69) is 13.8 Å². The van der Waals surface area contributed by atoms with Crippen molar-refractivity contribution in [3.05, 3.63) is 34.9 Å². The van der Waals surface area contributed by atoms with E-state index >= 15 is 0 Å². The molecular weight excluding hydrogens is 281 g/mol. The van der Waals surface area contributed by atoms with Crippen LogP contribution in [0.5, 0.6) is 0 Å². The van der Waals surface area contributed by atoms with Gasteiger partial charge in [0.2, 0.25) is 0 Å². The van der Waals surface area contributed by atoms with E-state index in [1.54, 1.807) is 12.1 Å². The van der Waals surface area contributed by atoms with Gasteiger partial charge in [-0.25, -0.2) is 0 Å². The third-order valence-electron chi connectivity index (χ3n) is 3.08. The third-order valence-corrected chi connectivity index (χ3v) is 3.33. The Morgan fingerprint density at radius 3 is 2.05 bits per heavy atom. The van der Waals surface area contributed by atoms with Gasteiger partial charge in [0.1, 0.15) is 0 Å². The second-order valence-electron chi connectivity index (χ2n) is 4.68. The highest BCUT2D eigenvalue weighted by Crippen LogP contribution is 2.10. The Kier molecular flexibility index (Phi) is 9.94. The predicted molar refractivity (Wildman–Crippen MR) is 76.5 cm³/mol. The van der Waals surface area contributed by atoms with Gasteiger partial charge in [-0.15, -0.1) is 0 Å². The molecule has 1 rings (SSSR count). The van der Waals surface area contributed by atoms with Crippen LogP contribution in [0, 0.1) is 0 Å². The van der Waals surface area contributed by atoms with Crippen LogP contribution < -0.4 is 17.3 Å². The van der Waals surface area contributed by atoms with E-state index in [-0.39, 0.29) is 18.2 Å². The minimum Gasteiger partial charge on any atom is -1.00 e. The van der Waals surface area contributed by atoms with Crippen molar-refractivity contribution in [1.29, 1.82) is 0 Å². The highest BCUT2D eigenvalue weighted by atomic mass is 35.5. The van der Waals surface area contributed by atoms with Gasteiger partial charge in [-0.1, -0.05) is 25.4 Å². The molecule has 0 aromatic heterocycles. The molecule has 1 aromatic carbocycles. The Balaban J connectivity index is 0.00000324. The Hall–Kier alpha value is -0.570. The first-order valence-electron chi connectivity index (χ1n) is 6.79. The third kappa shape index (κ3) is 6.95. The lowest BCUT2D eigenvalue weighted by atomic mass is 10.1. The molecule has 19 heavy (non-hydrogen) atoms. The number of hydrogen-bond donors (Lipinski definition) is 1. The van der Waals surface area contributed by atoms with Gasteiger partial charge in [0.05, 0.1) is 26.1 Å². The molecule has 0 aliphatic heterocycles.